The normalized spacial score (nSPS) is 18.8. The van der Waals surface area contributed by atoms with Crippen LogP contribution in [0.1, 0.15) is 44.0 Å². The molecule has 0 unspecified atom stereocenters. The molecule has 2 nitrogen and oxygen atoms in total. The molecule has 98 valence electrons. The van der Waals surface area contributed by atoms with Crippen molar-refractivity contribution in [2.75, 3.05) is 18.0 Å². The second-order valence-corrected chi connectivity index (χ2v) is 6.76. The lowest BCUT2D eigenvalue weighted by Crippen LogP contribution is -2.40. The number of benzene rings is 1. The molecule has 0 spiro atoms. The fourth-order valence-corrected chi connectivity index (χ4v) is 3.28. The molecule has 1 saturated heterocycles. The van der Waals surface area contributed by atoms with Gasteiger partial charge in [0.2, 0.25) is 0 Å². The fourth-order valence-electron chi connectivity index (χ4n) is 2.63. The van der Waals surface area contributed by atoms with E-state index in [9.17, 15) is 4.79 Å². The molecule has 0 atom stereocenters. The van der Waals surface area contributed by atoms with Gasteiger partial charge in [-0.25, -0.2) is 0 Å². The van der Waals surface area contributed by atoms with Gasteiger partial charge >= 0.3 is 0 Å². The zero-order valence-corrected chi connectivity index (χ0v) is 12.9. The summed E-state index contributed by atoms with van der Waals surface area (Å²) < 4.78 is 0.899. The lowest BCUT2D eigenvalue weighted by atomic mass is 9.84. The quantitative estimate of drug-likeness (QED) is 0.760. The van der Waals surface area contributed by atoms with Crippen molar-refractivity contribution >= 4 is 27.4 Å². The topological polar surface area (TPSA) is 20.3 Å². The Morgan fingerprint density at radius 3 is 2.67 bits per heavy atom. The highest BCUT2D eigenvalue weighted by Crippen LogP contribution is 2.33. The second-order valence-electron chi connectivity index (χ2n) is 5.91. The monoisotopic (exact) mass is 309 g/mol. The number of hydrogen-bond acceptors (Lipinski definition) is 2. The van der Waals surface area contributed by atoms with Crippen molar-refractivity contribution in [3.63, 3.8) is 0 Å². The predicted molar refractivity (Wildman–Crippen MR) is 79.4 cm³/mol. The highest BCUT2D eigenvalue weighted by atomic mass is 79.9. The summed E-state index contributed by atoms with van der Waals surface area (Å²) >= 11 is 3.50. The Morgan fingerprint density at radius 1 is 1.39 bits per heavy atom. The van der Waals surface area contributed by atoms with E-state index in [0.717, 1.165) is 23.1 Å². The summed E-state index contributed by atoms with van der Waals surface area (Å²) in [6.07, 6.45) is 2.52. The van der Waals surface area contributed by atoms with Gasteiger partial charge in [-0.1, -0.05) is 13.8 Å². The number of rotatable bonds is 2. The molecule has 1 fully saturated rings. The number of anilines is 1. The third kappa shape index (κ3) is 2.94. The summed E-state index contributed by atoms with van der Waals surface area (Å²) in [6.45, 7) is 8.42. The molecule has 0 amide bonds. The Kier molecular flexibility index (Phi) is 3.81. The Balaban J connectivity index is 2.24. The zero-order valence-electron chi connectivity index (χ0n) is 11.3. The lowest BCUT2D eigenvalue weighted by Gasteiger charge is -2.39. The molecule has 2 rings (SSSR count). The number of Topliss-reactive ketones (excluding diaryl/α,β-unsaturated/α-hetero) is 1. The number of carbonyl (C=O) groups excluding carboxylic acids is 1. The number of ketones is 1. The van der Waals surface area contributed by atoms with E-state index in [-0.39, 0.29) is 5.78 Å². The van der Waals surface area contributed by atoms with Crippen LogP contribution in [0.15, 0.2) is 22.7 Å². The molecule has 3 heteroatoms. The molecule has 0 aromatic heterocycles. The van der Waals surface area contributed by atoms with Gasteiger partial charge in [0.1, 0.15) is 0 Å². The molecule has 1 aliphatic heterocycles. The Bertz CT molecular complexity index is 468. The van der Waals surface area contributed by atoms with Gasteiger partial charge in [0.25, 0.3) is 0 Å². The van der Waals surface area contributed by atoms with Crippen molar-refractivity contribution in [1.82, 2.24) is 0 Å². The Hall–Kier alpha value is -0.830. The van der Waals surface area contributed by atoms with Crippen molar-refractivity contribution in [3.8, 4) is 0 Å². The molecule has 0 saturated carbocycles. The second kappa shape index (κ2) is 5.04. The van der Waals surface area contributed by atoms with E-state index in [2.05, 4.69) is 46.8 Å². The number of carbonyl (C=O) groups is 1. The van der Waals surface area contributed by atoms with Gasteiger partial charge in [0.15, 0.2) is 5.78 Å². The van der Waals surface area contributed by atoms with Gasteiger partial charge < -0.3 is 4.90 Å². The maximum Gasteiger partial charge on any atom is 0.160 e. The summed E-state index contributed by atoms with van der Waals surface area (Å²) in [5.74, 6) is 0.104. The first-order valence-corrected chi connectivity index (χ1v) is 7.24. The minimum Gasteiger partial charge on any atom is -0.371 e. The summed E-state index contributed by atoms with van der Waals surface area (Å²) in [6, 6.07) is 6.05. The molecule has 1 aromatic rings. The van der Waals surface area contributed by atoms with E-state index in [0.29, 0.717) is 5.41 Å². The average Bonchev–Trinajstić information content (AvgIpc) is 2.27. The van der Waals surface area contributed by atoms with Crippen LogP contribution in [0, 0.1) is 5.41 Å². The molecular formula is C15H20BrNO. The SMILES string of the molecule is CC(=O)c1ccc(N2CCCC(C)(C)C2)cc1Br. The van der Waals surface area contributed by atoms with E-state index >= 15 is 0 Å². The summed E-state index contributed by atoms with van der Waals surface area (Å²) in [7, 11) is 0. The van der Waals surface area contributed by atoms with Gasteiger partial charge in [-0.15, -0.1) is 0 Å². The number of nitrogens with zero attached hydrogens (tertiary/aromatic N) is 1. The van der Waals surface area contributed by atoms with Gasteiger partial charge in [-0.3, -0.25) is 4.79 Å². The molecule has 0 N–H and O–H groups in total. The van der Waals surface area contributed by atoms with E-state index in [1.54, 1.807) is 6.92 Å². The highest BCUT2D eigenvalue weighted by Gasteiger charge is 2.26. The van der Waals surface area contributed by atoms with Crippen LogP contribution in [0.3, 0.4) is 0 Å². The number of piperidine rings is 1. The maximum absolute atomic E-state index is 11.4. The smallest absolute Gasteiger partial charge is 0.160 e. The predicted octanol–water partition coefficient (Wildman–Crippen LogP) is 4.28. The average molecular weight is 310 g/mol. The molecule has 0 radical (unpaired) electrons. The number of hydrogen-bond donors (Lipinski definition) is 0. The Morgan fingerprint density at radius 2 is 2.11 bits per heavy atom. The minimum absolute atomic E-state index is 0.104. The lowest BCUT2D eigenvalue weighted by molar-refractivity contribution is 0.101. The Labute approximate surface area is 117 Å². The van der Waals surface area contributed by atoms with Crippen LogP contribution in [0.5, 0.6) is 0 Å². The van der Waals surface area contributed by atoms with Crippen molar-refractivity contribution in [2.45, 2.75) is 33.6 Å². The first-order valence-electron chi connectivity index (χ1n) is 6.44. The van der Waals surface area contributed by atoms with Crippen LogP contribution in [-0.2, 0) is 0 Å². The van der Waals surface area contributed by atoms with Crippen LogP contribution in [0.2, 0.25) is 0 Å². The summed E-state index contributed by atoms with van der Waals surface area (Å²) in [5, 5.41) is 0. The standard InChI is InChI=1S/C15H20BrNO/c1-11(18)13-6-5-12(9-14(13)16)17-8-4-7-15(2,3)10-17/h5-6,9H,4,7-8,10H2,1-3H3. The van der Waals surface area contributed by atoms with Crippen LogP contribution >= 0.6 is 15.9 Å². The van der Waals surface area contributed by atoms with Crippen LogP contribution < -0.4 is 4.90 Å². The molecule has 1 heterocycles. The third-order valence-corrected chi connectivity index (χ3v) is 4.25. The molecule has 1 aromatic carbocycles. The summed E-state index contributed by atoms with van der Waals surface area (Å²) in [4.78, 5) is 13.8. The van der Waals surface area contributed by atoms with Crippen LogP contribution in [0.25, 0.3) is 0 Å². The molecule has 18 heavy (non-hydrogen) atoms. The molecule has 0 bridgehead atoms. The van der Waals surface area contributed by atoms with E-state index in [4.69, 9.17) is 0 Å². The van der Waals surface area contributed by atoms with Crippen molar-refractivity contribution in [2.24, 2.45) is 5.41 Å². The van der Waals surface area contributed by atoms with Crippen molar-refractivity contribution in [1.29, 1.82) is 0 Å². The first-order chi connectivity index (χ1) is 8.39. The third-order valence-electron chi connectivity index (χ3n) is 3.60. The summed E-state index contributed by atoms with van der Waals surface area (Å²) in [5.41, 5.74) is 2.35. The largest absolute Gasteiger partial charge is 0.371 e. The molecule has 0 aliphatic carbocycles. The van der Waals surface area contributed by atoms with Gasteiger partial charge in [-0.2, -0.15) is 0 Å². The highest BCUT2D eigenvalue weighted by molar-refractivity contribution is 9.10. The van der Waals surface area contributed by atoms with E-state index in [1.165, 1.54) is 18.5 Å². The zero-order chi connectivity index (χ0) is 13.3. The first kappa shape index (κ1) is 13.6. The van der Waals surface area contributed by atoms with Crippen molar-refractivity contribution in [3.05, 3.63) is 28.2 Å². The van der Waals surface area contributed by atoms with Crippen LogP contribution in [0.4, 0.5) is 5.69 Å². The fraction of sp³-hybridized carbons (Fsp3) is 0.533. The number of halogens is 1. The minimum atomic E-state index is 0.104. The van der Waals surface area contributed by atoms with Gasteiger partial charge in [-0.05, 0) is 59.3 Å². The van der Waals surface area contributed by atoms with Crippen LogP contribution in [-0.4, -0.2) is 18.9 Å². The van der Waals surface area contributed by atoms with Crippen molar-refractivity contribution < 1.29 is 4.79 Å². The van der Waals surface area contributed by atoms with Gasteiger partial charge in [0.05, 0.1) is 0 Å². The molecular weight excluding hydrogens is 290 g/mol. The van der Waals surface area contributed by atoms with Gasteiger partial charge in [0, 0.05) is 28.8 Å². The molecule has 1 aliphatic rings. The maximum atomic E-state index is 11.4. The van der Waals surface area contributed by atoms with E-state index < -0.39 is 0 Å². The van der Waals surface area contributed by atoms with E-state index in [1.807, 2.05) is 6.07 Å².